The van der Waals surface area contributed by atoms with Gasteiger partial charge in [0.25, 0.3) is 0 Å². The average Bonchev–Trinajstić information content (AvgIpc) is 3.01. The number of aromatic amines is 1. The quantitative estimate of drug-likeness (QED) is 0.728. The van der Waals surface area contributed by atoms with Crippen LogP contribution < -0.4 is 4.65 Å². The van der Waals surface area contributed by atoms with Crippen LogP contribution in [0.25, 0.3) is 10.9 Å². The van der Waals surface area contributed by atoms with Gasteiger partial charge < -0.3 is 4.98 Å². The van der Waals surface area contributed by atoms with Crippen molar-refractivity contribution in [1.82, 2.24) is 14.5 Å². The molecule has 2 aromatic carbocycles. The first-order valence-corrected chi connectivity index (χ1v) is 8.17. The number of para-hydroxylation sites is 2. The van der Waals surface area contributed by atoms with Gasteiger partial charge in [0.15, 0.2) is 5.69 Å². The van der Waals surface area contributed by atoms with Crippen molar-refractivity contribution in [3.63, 3.8) is 0 Å². The first-order chi connectivity index (χ1) is 11.2. The highest BCUT2D eigenvalue weighted by molar-refractivity contribution is 5.82. The van der Waals surface area contributed by atoms with Crippen LogP contribution in [0.15, 0.2) is 60.8 Å². The second-order valence-corrected chi connectivity index (χ2v) is 6.34. The van der Waals surface area contributed by atoms with Gasteiger partial charge in [0.1, 0.15) is 13.1 Å². The zero-order chi connectivity index (χ0) is 15.7. The minimum atomic E-state index is 0.0468. The normalized spacial score (nSPS) is 18.3. The molecule has 0 amide bonds. The van der Waals surface area contributed by atoms with Crippen molar-refractivity contribution in [2.75, 3.05) is 26.2 Å². The van der Waals surface area contributed by atoms with E-state index < -0.39 is 0 Å². The third kappa shape index (κ3) is 2.77. The summed E-state index contributed by atoms with van der Waals surface area (Å²) in [4.78, 5) is 5.76. The van der Waals surface area contributed by atoms with Gasteiger partial charge in [0.05, 0.1) is 13.1 Å². The largest absolute Gasteiger partial charge is 0.361 e. The highest BCUT2D eigenvalue weighted by Gasteiger charge is 2.34. The number of fused-ring (bicyclic) bond motifs is 1. The number of hydrogen-bond acceptors (Lipinski definition) is 2. The van der Waals surface area contributed by atoms with Crippen LogP contribution in [0.5, 0.6) is 0 Å². The lowest BCUT2D eigenvalue weighted by molar-refractivity contribution is -0.107. The summed E-state index contributed by atoms with van der Waals surface area (Å²) < 4.78 is 0.0468. The van der Waals surface area contributed by atoms with Gasteiger partial charge in [-0.25, -0.2) is 5.21 Å². The van der Waals surface area contributed by atoms with Crippen molar-refractivity contribution in [2.45, 2.75) is 6.54 Å². The number of piperazine rings is 1. The first-order valence-electron chi connectivity index (χ1n) is 8.17. The molecule has 1 fully saturated rings. The topological polar surface area (TPSA) is 39.3 Å². The molecule has 4 heteroatoms. The van der Waals surface area contributed by atoms with Gasteiger partial charge in [-0.15, -0.1) is 4.65 Å². The minimum absolute atomic E-state index is 0.0468. The number of quaternary nitrogens is 1. The summed E-state index contributed by atoms with van der Waals surface area (Å²) in [6.45, 7) is 4.17. The molecule has 0 aliphatic carbocycles. The molecule has 0 atom stereocenters. The fraction of sp³-hybridized carbons (Fsp3) is 0.263. The van der Waals surface area contributed by atoms with E-state index >= 15 is 0 Å². The lowest BCUT2D eigenvalue weighted by Crippen LogP contribution is -2.58. The Kier molecular flexibility index (Phi) is 3.65. The van der Waals surface area contributed by atoms with Gasteiger partial charge >= 0.3 is 0 Å². The van der Waals surface area contributed by atoms with Crippen molar-refractivity contribution < 1.29 is 5.21 Å². The number of aromatic nitrogens is 1. The zero-order valence-electron chi connectivity index (χ0n) is 13.2. The molecule has 1 saturated heterocycles. The maximum atomic E-state index is 10.9. The molecule has 0 spiro atoms. The molecule has 1 aliphatic heterocycles. The molecule has 1 aliphatic rings. The van der Waals surface area contributed by atoms with E-state index in [9.17, 15) is 5.21 Å². The predicted octanol–water partition coefficient (Wildman–Crippen LogP) is 3.38. The van der Waals surface area contributed by atoms with Crippen molar-refractivity contribution in [1.29, 1.82) is 0 Å². The van der Waals surface area contributed by atoms with Crippen LogP contribution in [0, 0.1) is 0 Å². The molecule has 0 radical (unpaired) electrons. The summed E-state index contributed by atoms with van der Waals surface area (Å²) in [5, 5.41) is 12.2. The monoisotopic (exact) mass is 308 g/mol. The first kappa shape index (κ1) is 14.5. The van der Waals surface area contributed by atoms with E-state index in [1.54, 1.807) is 0 Å². The predicted molar refractivity (Wildman–Crippen MR) is 93.3 cm³/mol. The van der Waals surface area contributed by atoms with Gasteiger partial charge in [0.2, 0.25) is 0 Å². The smallest absolute Gasteiger partial charge is 0.165 e. The Morgan fingerprint density at radius 2 is 1.65 bits per heavy atom. The highest BCUT2D eigenvalue weighted by atomic mass is 16.5. The third-order valence-electron chi connectivity index (χ3n) is 4.88. The molecule has 1 aromatic heterocycles. The van der Waals surface area contributed by atoms with Crippen molar-refractivity contribution in [2.24, 2.45) is 0 Å². The van der Waals surface area contributed by atoms with Gasteiger partial charge in [-0.3, -0.25) is 4.90 Å². The van der Waals surface area contributed by atoms with E-state index in [2.05, 4.69) is 40.3 Å². The maximum Gasteiger partial charge on any atom is 0.165 e. The van der Waals surface area contributed by atoms with E-state index in [4.69, 9.17) is 0 Å². The number of hydroxylamine groups is 2. The van der Waals surface area contributed by atoms with Crippen molar-refractivity contribution in [3.05, 3.63) is 66.4 Å². The number of hydrogen-bond donors (Lipinski definition) is 2. The van der Waals surface area contributed by atoms with Crippen LogP contribution in [-0.4, -0.2) is 41.3 Å². The fourth-order valence-electron chi connectivity index (χ4n) is 3.46. The van der Waals surface area contributed by atoms with E-state index in [-0.39, 0.29) is 4.65 Å². The molecular weight excluding hydrogens is 286 g/mol. The summed E-state index contributed by atoms with van der Waals surface area (Å²) in [6, 6.07) is 18.4. The molecule has 23 heavy (non-hydrogen) atoms. The Labute approximate surface area is 136 Å². The summed E-state index contributed by atoms with van der Waals surface area (Å²) in [7, 11) is 0. The van der Waals surface area contributed by atoms with Gasteiger partial charge in [-0.2, -0.15) is 0 Å². The SMILES string of the molecule is O[N+]1(c2ccccc2)CCN(Cc2c[nH]c3ccccc23)CC1. The summed E-state index contributed by atoms with van der Waals surface area (Å²) in [6.07, 6.45) is 2.11. The lowest BCUT2D eigenvalue weighted by atomic mass is 10.1. The van der Waals surface area contributed by atoms with Gasteiger partial charge in [-0.05, 0) is 11.6 Å². The third-order valence-corrected chi connectivity index (χ3v) is 4.88. The van der Waals surface area contributed by atoms with E-state index in [0.29, 0.717) is 0 Å². The number of nitrogens with zero attached hydrogens (tertiary/aromatic N) is 2. The van der Waals surface area contributed by atoms with Crippen LogP contribution in [0.4, 0.5) is 5.69 Å². The molecule has 2 heterocycles. The average molecular weight is 308 g/mol. The Balaban J connectivity index is 1.46. The minimum Gasteiger partial charge on any atom is -0.361 e. The van der Waals surface area contributed by atoms with Crippen LogP contribution in [-0.2, 0) is 6.54 Å². The van der Waals surface area contributed by atoms with Crippen LogP contribution >= 0.6 is 0 Å². The van der Waals surface area contributed by atoms with Crippen molar-refractivity contribution >= 4 is 16.6 Å². The Morgan fingerprint density at radius 1 is 0.957 bits per heavy atom. The molecule has 3 aromatic rings. The molecule has 0 unspecified atom stereocenters. The summed E-state index contributed by atoms with van der Waals surface area (Å²) in [5.41, 5.74) is 3.51. The molecule has 0 bridgehead atoms. The fourth-order valence-corrected chi connectivity index (χ4v) is 3.46. The molecule has 0 saturated carbocycles. The van der Waals surface area contributed by atoms with E-state index in [1.807, 2.05) is 30.3 Å². The standard InChI is InChI=1S/C19H22N3O/c23-22(17-6-2-1-3-7-17)12-10-21(11-13-22)15-16-14-20-19-9-5-4-8-18(16)19/h1-9,14,20,23H,10-13,15H2/q+1. The van der Waals surface area contributed by atoms with Gasteiger partial charge in [0, 0.05) is 35.8 Å². The number of rotatable bonds is 3. The Morgan fingerprint density at radius 3 is 2.43 bits per heavy atom. The summed E-state index contributed by atoms with van der Waals surface area (Å²) in [5.74, 6) is 0. The highest BCUT2D eigenvalue weighted by Crippen LogP contribution is 2.24. The van der Waals surface area contributed by atoms with E-state index in [1.165, 1.54) is 16.5 Å². The Bertz CT molecular complexity index is 788. The van der Waals surface area contributed by atoms with Crippen molar-refractivity contribution in [3.8, 4) is 0 Å². The number of nitrogens with one attached hydrogen (secondary N) is 1. The molecule has 4 nitrogen and oxygen atoms in total. The zero-order valence-corrected chi connectivity index (χ0v) is 13.2. The number of benzene rings is 2. The van der Waals surface area contributed by atoms with Crippen LogP contribution in [0.2, 0.25) is 0 Å². The van der Waals surface area contributed by atoms with Crippen LogP contribution in [0.1, 0.15) is 5.56 Å². The molecule has 118 valence electrons. The van der Waals surface area contributed by atoms with Gasteiger partial charge in [-0.1, -0.05) is 36.4 Å². The summed E-state index contributed by atoms with van der Waals surface area (Å²) >= 11 is 0. The lowest BCUT2D eigenvalue weighted by Gasteiger charge is -2.38. The molecular formula is C19H22N3O+. The Hall–Kier alpha value is -2.14. The second kappa shape index (κ2) is 5.81. The number of H-pyrrole nitrogens is 1. The van der Waals surface area contributed by atoms with Crippen LogP contribution in [0.3, 0.4) is 0 Å². The maximum absolute atomic E-state index is 10.9. The second-order valence-electron chi connectivity index (χ2n) is 6.34. The molecule has 4 rings (SSSR count). The molecule has 2 N–H and O–H groups in total. The van der Waals surface area contributed by atoms with E-state index in [0.717, 1.165) is 38.4 Å².